The summed E-state index contributed by atoms with van der Waals surface area (Å²) in [5.41, 5.74) is 5.60. The fraction of sp³-hybridized carbons (Fsp3) is 0.333. The van der Waals surface area contributed by atoms with Crippen LogP contribution in [-0.2, 0) is 4.79 Å². The Morgan fingerprint density at radius 2 is 2.28 bits per heavy atom. The maximum atomic E-state index is 11.8. The molecule has 0 spiro atoms. The van der Waals surface area contributed by atoms with Crippen molar-refractivity contribution in [2.24, 2.45) is 5.73 Å². The third-order valence-electron chi connectivity index (χ3n) is 1.99. The van der Waals surface area contributed by atoms with Crippen LogP contribution in [0.1, 0.15) is 28.1 Å². The lowest BCUT2D eigenvalue weighted by Crippen LogP contribution is -2.27. The van der Waals surface area contributed by atoms with E-state index in [2.05, 4.69) is 17.2 Å². The van der Waals surface area contributed by atoms with Crippen molar-refractivity contribution < 1.29 is 14.7 Å². The molecule has 1 heterocycles. The summed E-state index contributed by atoms with van der Waals surface area (Å²) < 4.78 is 0. The molecule has 4 N–H and O–H groups in total. The van der Waals surface area contributed by atoms with Gasteiger partial charge in [-0.15, -0.1) is 11.3 Å². The van der Waals surface area contributed by atoms with E-state index in [1.54, 1.807) is 11.4 Å². The third-order valence-corrected chi connectivity index (χ3v) is 2.90. The Morgan fingerprint density at radius 1 is 1.50 bits per heavy atom. The van der Waals surface area contributed by atoms with Crippen molar-refractivity contribution in [1.29, 1.82) is 0 Å². The van der Waals surface area contributed by atoms with Crippen molar-refractivity contribution in [3.8, 4) is 11.8 Å². The predicted octanol–water partition coefficient (Wildman–Crippen LogP) is 0.0872. The average molecular weight is 266 g/mol. The zero-order valence-corrected chi connectivity index (χ0v) is 10.5. The van der Waals surface area contributed by atoms with E-state index >= 15 is 0 Å². The third kappa shape index (κ3) is 4.57. The van der Waals surface area contributed by atoms with Gasteiger partial charge in [0.25, 0.3) is 5.91 Å². The highest BCUT2D eigenvalue weighted by atomic mass is 32.1. The number of carbonyl (C=O) groups excluding carboxylic acids is 2. The average Bonchev–Trinajstić information content (AvgIpc) is 2.77. The van der Waals surface area contributed by atoms with Gasteiger partial charge in [-0.1, -0.05) is 11.8 Å². The molecule has 0 saturated carbocycles. The summed E-state index contributed by atoms with van der Waals surface area (Å²) in [5, 5.41) is 13.0. The molecule has 96 valence electrons. The summed E-state index contributed by atoms with van der Waals surface area (Å²) in [7, 11) is 0. The molecule has 0 aliphatic carbocycles. The number of aliphatic hydroxyl groups is 1. The Hall–Kier alpha value is -1.84. The predicted molar refractivity (Wildman–Crippen MR) is 69.0 cm³/mol. The Morgan fingerprint density at radius 3 is 2.94 bits per heavy atom. The van der Waals surface area contributed by atoms with Gasteiger partial charge < -0.3 is 16.2 Å². The van der Waals surface area contributed by atoms with Gasteiger partial charge in [-0.3, -0.25) is 9.59 Å². The van der Waals surface area contributed by atoms with E-state index in [-0.39, 0.29) is 25.5 Å². The van der Waals surface area contributed by atoms with Gasteiger partial charge >= 0.3 is 0 Å². The van der Waals surface area contributed by atoms with Gasteiger partial charge in [0.1, 0.15) is 4.88 Å². The van der Waals surface area contributed by atoms with Gasteiger partial charge in [0.2, 0.25) is 5.91 Å². The molecule has 1 aromatic rings. The molecule has 5 nitrogen and oxygen atoms in total. The van der Waals surface area contributed by atoms with Crippen molar-refractivity contribution in [3.05, 3.63) is 21.9 Å². The first kappa shape index (κ1) is 14.2. The summed E-state index contributed by atoms with van der Waals surface area (Å²) in [5.74, 6) is 4.86. The lowest BCUT2D eigenvalue weighted by Gasteiger charge is -2.01. The zero-order valence-electron chi connectivity index (χ0n) is 9.73. The van der Waals surface area contributed by atoms with Gasteiger partial charge in [-0.05, 0) is 11.4 Å². The molecule has 0 saturated heterocycles. The maximum absolute atomic E-state index is 11.8. The second kappa shape index (κ2) is 7.48. The van der Waals surface area contributed by atoms with Gasteiger partial charge in [0.15, 0.2) is 0 Å². The van der Waals surface area contributed by atoms with E-state index in [4.69, 9.17) is 10.8 Å². The van der Waals surface area contributed by atoms with E-state index in [0.717, 1.165) is 0 Å². The standard InChI is InChI=1S/C12H14N2O3S/c13-10(16)4-6-14-12(17)11-9(5-8-18-11)3-1-2-7-15/h5,8,15H,2,4,6-7H2,(H2,13,16)(H,14,17). The van der Waals surface area contributed by atoms with E-state index in [1.165, 1.54) is 11.3 Å². The maximum Gasteiger partial charge on any atom is 0.262 e. The fourth-order valence-electron chi connectivity index (χ4n) is 1.18. The van der Waals surface area contributed by atoms with Crippen LogP contribution in [0.2, 0.25) is 0 Å². The number of hydrogen-bond acceptors (Lipinski definition) is 4. The fourth-order valence-corrected chi connectivity index (χ4v) is 1.94. The first-order chi connectivity index (χ1) is 8.65. The monoisotopic (exact) mass is 266 g/mol. The smallest absolute Gasteiger partial charge is 0.262 e. The normalized spacial score (nSPS) is 9.39. The summed E-state index contributed by atoms with van der Waals surface area (Å²) in [6, 6.07) is 1.75. The molecule has 0 atom stereocenters. The number of nitrogens with one attached hydrogen (secondary N) is 1. The second-order valence-corrected chi connectivity index (χ2v) is 4.33. The Labute approximate surface area is 109 Å². The van der Waals surface area contributed by atoms with E-state index in [0.29, 0.717) is 16.9 Å². The van der Waals surface area contributed by atoms with E-state index < -0.39 is 5.91 Å². The van der Waals surface area contributed by atoms with E-state index in [1.807, 2.05) is 0 Å². The number of rotatable bonds is 5. The van der Waals surface area contributed by atoms with Crippen LogP contribution in [0.4, 0.5) is 0 Å². The van der Waals surface area contributed by atoms with Crippen LogP contribution in [-0.4, -0.2) is 30.1 Å². The first-order valence-electron chi connectivity index (χ1n) is 5.39. The molecule has 1 aromatic heterocycles. The highest BCUT2D eigenvalue weighted by Crippen LogP contribution is 2.15. The Bertz CT molecular complexity index is 485. The Kier molecular flexibility index (Phi) is 5.91. The summed E-state index contributed by atoms with van der Waals surface area (Å²) >= 11 is 1.28. The number of carbonyl (C=O) groups is 2. The lowest BCUT2D eigenvalue weighted by molar-refractivity contribution is -0.117. The summed E-state index contributed by atoms with van der Waals surface area (Å²) in [4.78, 5) is 22.8. The molecule has 0 unspecified atom stereocenters. The SMILES string of the molecule is NC(=O)CCNC(=O)c1sccc1C#CCCO. The van der Waals surface area contributed by atoms with Crippen LogP contribution >= 0.6 is 11.3 Å². The van der Waals surface area contributed by atoms with Crippen LogP contribution in [0.3, 0.4) is 0 Å². The first-order valence-corrected chi connectivity index (χ1v) is 6.27. The number of hydrogen-bond donors (Lipinski definition) is 3. The van der Waals surface area contributed by atoms with Crippen molar-refractivity contribution in [2.75, 3.05) is 13.2 Å². The zero-order chi connectivity index (χ0) is 13.4. The van der Waals surface area contributed by atoms with Crippen molar-refractivity contribution in [2.45, 2.75) is 12.8 Å². The molecule has 1 rings (SSSR count). The molecular weight excluding hydrogens is 252 g/mol. The minimum Gasteiger partial charge on any atom is -0.395 e. The molecule has 0 radical (unpaired) electrons. The van der Waals surface area contributed by atoms with Crippen molar-refractivity contribution in [1.82, 2.24) is 5.32 Å². The minimum absolute atomic E-state index is 0.00270. The minimum atomic E-state index is -0.454. The lowest BCUT2D eigenvalue weighted by atomic mass is 10.2. The number of primary amides is 1. The van der Waals surface area contributed by atoms with Crippen LogP contribution in [0, 0.1) is 11.8 Å². The quantitative estimate of drug-likeness (QED) is 0.659. The molecule has 0 aliphatic heterocycles. The second-order valence-electron chi connectivity index (χ2n) is 3.41. The summed E-state index contributed by atoms with van der Waals surface area (Å²) in [6.07, 6.45) is 0.487. The van der Waals surface area contributed by atoms with Gasteiger partial charge in [0.05, 0.1) is 6.61 Å². The highest BCUT2D eigenvalue weighted by molar-refractivity contribution is 7.12. The number of amides is 2. The summed E-state index contributed by atoms with van der Waals surface area (Å²) in [6.45, 7) is 0.215. The van der Waals surface area contributed by atoms with Crippen LogP contribution in [0.5, 0.6) is 0 Å². The number of nitrogens with two attached hydrogens (primary N) is 1. The molecule has 0 aliphatic rings. The van der Waals surface area contributed by atoms with Gasteiger partial charge in [-0.2, -0.15) is 0 Å². The molecule has 0 fully saturated rings. The van der Waals surface area contributed by atoms with E-state index in [9.17, 15) is 9.59 Å². The molecule has 2 amide bonds. The molecule has 0 bridgehead atoms. The van der Waals surface area contributed by atoms with Gasteiger partial charge in [0, 0.05) is 24.9 Å². The van der Waals surface area contributed by atoms with Crippen LogP contribution < -0.4 is 11.1 Å². The largest absolute Gasteiger partial charge is 0.395 e. The van der Waals surface area contributed by atoms with Crippen molar-refractivity contribution >= 4 is 23.2 Å². The topological polar surface area (TPSA) is 92.4 Å². The number of thiophene rings is 1. The molecule has 18 heavy (non-hydrogen) atoms. The number of aliphatic hydroxyl groups excluding tert-OH is 1. The molecular formula is C12H14N2O3S. The molecule has 0 aromatic carbocycles. The van der Waals surface area contributed by atoms with Crippen LogP contribution in [0.25, 0.3) is 0 Å². The molecule has 6 heteroatoms. The van der Waals surface area contributed by atoms with Crippen LogP contribution in [0.15, 0.2) is 11.4 Å². The van der Waals surface area contributed by atoms with Crippen molar-refractivity contribution in [3.63, 3.8) is 0 Å². The Balaban J connectivity index is 2.61. The highest BCUT2D eigenvalue weighted by Gasteiger charge is 2.11. The van der Waals surface area contributed by atoms with Gasteiger partial charge in [-0.25, -0.2) is 0 Å².